The Morgan fingerprint density at radius 3 is 2.75 bits per heavy atom. The molecule has 0 aliphatic carbocycles. The number of hydrogen-bond acceptors (Lipinski definition) is 4. The van der Waals surface area contributed by atoms with Crippen LogP contribution in [-0.4, -0.2) is 31.1 Å². The van der Waals surface area contributed by atoms with Gasteiger partial charge >= 0.3 is 5.97 Å². The normalized spacial score (nSPS) is 20.4. The number of thioether (sulfide) groups is 1. The summed E-state index contributed by atoms with van der Waals surface area (Å²) in [7, 11) is 1.40. The van der Waals surface area contributed by atoms with E-state index in [1.165, 1.54) is 18.4 Å². The molecule has 1 aliphatic heterocycles. The van der Waals surface area contributed by atoms with Crippen molar-refractivity contribution in [2.45, 2.75) is 6.04 Å². The summed E-state index contributed by atoms with van der Waals surface area (Å²) < 4.78 is 4.66. The van der Waals surface area contributed by atoms with Crippen LogP contribution in [0.1, 0.15) is 22.0 Å². The molecule has 86 valence electrons. The minimum absolute atomic E-state index is 0.280. The summed E-state index contributed by atoms with van der Waals surface area (Å²) in [6, 6.07) is 8.04. The highest BCUT2D eigenvalue weighted by Crippen LogP contribution is 2.22. The highest BCUT2D eigenvalue weighted by molar-refractivity contribution is 7.99. The van der Waals surface area contributed by atoms with Crippen LogP contribution in [0.2, 0.25) is 0 Å². The van der Waals surface area contributed by atoms with E-state index < -0.39 is 0 Å². The van der Waals surface area contributed by atoms with Crippen molar-refractivity contribution in [2.75, 3.05) is 25.2 Å². The van der Waals surface area contributed by atoms with Gasteiger partial charge in [-0.2, -0.15) is 11.8 Å². The molecular weight excluding hydrogens is 222 g/mol. The number of nitrogens with one attached hydrogen (secondary N) is 1. The molecule has 1 aromatic carbocycles. The lowest BCUT2D eigenvalue weighted by molar-refractivity contribution is 0.0600. The van der Waals surface area contributed by atoms with Crippen LogP contribution in [0.3, 0.4) is 0 Å². The van der Waals surface area contributed by atoms with Crippen molar-refractivity contribution in [3.05, 3.63) is 35.4 Å². The van der Waals surface area contributed by atoms with Gasteiger partial charge in [0.1, 0.15) is 0 Å². The van der Waals surface area contributed by atoms with Gasteiger partial charge in [0.15, 0.2) is 0 Å². The number of carbonyl (C=O) groups is 1. The second-order valence-electron chi connectivity index (χ2n) is 3.70. The molecule has 0 spiro atoms. The van der Waals surface area contributed by atoms with Crippen molar-refractivity contribution in [1.82, 2.24) is 5.32 Å². The summed E-state index contributed by atoms with van der Waals surface area (Å²) >= 11 is 1.96. The standard InChI is InChI=1S/C12H15NO2S/c1-15-12(14)10-4-2-9(3-5-10)11-8-16-7-6-13-11/h2-5,11,13H,6-8H2,1H3. The maximum absolute atomic E-state index is 11.3. The SMILES string of the molecule is COC(=O)c1ccc(C2CSCCN2)cc1. The quantitative estimate of drug-likeness (QED) is 0.797. The number of methoxy groups -OCH3 is 1. The Morgan fingerprint density at radius 2 is 2.19 bits per heavy atom. The molecule has 1 aliphatic rings. The summed E-state index contributed by atoms with van der Waals surface area (Å²) in [4.78, 5) is 11.3. The molecular formula is C12H15NO2S. The zero-order valence-corrected chi connectivity index (χ0v) is 10.0. The van der Waals surface area contributed by atoms with E-state index in [0.717, 1.165) is 12.3 Å². The topological polar surface area (TPSA) is 38.3 Å². The van der Waals surface area contributed by atoms with E-state index >= 15 is 0 Å². The van der Waals surface area contributed by atoms with Gasteiger partial charge in [0.25, 0.3) is 0 Å². The minimum Gasteiger partial charge on any atom is -0.465 e. The average molecular weight is 237 g/mol. The second-order valence-corrected chi connectivity index (χ2v) is 4.85. The molecule has 0 amide bonds. The van der Waals surface area contributed by atoms with Gasteiger partial charge in [0.2, 0.25) is 0 Å². The first-order valence-electron chi connectivity index (χ1n) is 5.30. The molecule has 1 saturated heterocycles. The van der Waals surface area contributed by atoms with Crippen LogP contribution in [0.4, 0.5) is 0 Å². The zero-order valence-electron chi connectivity index (χ0n) is 9.23. The van der Waals surface area contributed by atoms with Crippen molar-refractivity contribution < 1.29 is 9.53 Å². The Labute approximate surface area is 99.6 Å². The molecule has 1 N–H and O–H groups in total. The third-order valence-electron chi connectivity index (χ3n) is 2.66. The number of esters is 1. The van der Waals surface area contributed by atoms with Gasteiger partial charge in [-0.1, -0.05) is 12.1 Å². The first-order chi connectivity index (χ1) is 7.81. The fourth-order valence-corrected chi connectivity index (χ4v) is 2.72. The summed E-state index contributed by atoms with van der Waals surface area (Å²) in [5.74, 6) is 1.99. The molecule has 3 nitrogen and oxygen atoms in total. The Kier molecular flexibility index (Phi) is 3.85. The third-order valence-corrected chi connectivity index (χ3v) is 3.72. The van der Waals surface area contributed by atoms with Crippen LogP contribution < -0.4 is 5.32 Å². The van der Waals surface area contributed by atoms with E-state index in [9.17, 15) is 4.79 Å². The third kappa shape index (κ3) is 2.57. The molecule has 0 aromatic heterocycles. The molecule has 16 heavy (non-hydrogen) atoms. The zero-order chi connectivity index (χ0) is 11.4. The fraction of sp³-hybridized carbons (Fsp3) is 0.417. The first-order valence-corrected chi connectivity index (χ1v) is 6.46. The lowest BCUT2D eigenvalue weighted by Gasteiger charge is -2.23. The summed E-state index contributed by atoms with van der Waals surface area (Å²) in [5, 5.41) is 3.46. The van der Waals surface area contributed by atoms with Crippen molar-refractivity contribution in [3.8, 4) is 0 Å². The molecule has 1 fully saturated rings. The molecule has 0 radical (unpaired) electrons. The molecule has 4 heteroatoms. The van der Waals surface area contributed by atoms with Gasteiger partial charge in [-0.3, -0.25) is 0 Å². The highest BCUT2D eigenvalue weighted by Gasteiger charge is 2.15. The van der Waals surface area contributed by atoms with E-state index in [4.69, 9.17) is 0 Å². The van der Waals surface area contributed by atoms with Crippen LogP contribution >= 0.6 is 11.8 Å². The Morgan fingerprint density at radius 1 is 1.44 bits per heavy atom. The van der Waals surface area contributed by atoms with E-state index in [1.54, 1.807) is 0 Å². The van der Waals surface area contributed by atoms with Crippen LogP contribution in [0.15, 0.2) is 24.3 Å². The summed E-state index contributed by atoms with van der Waals surface area (Å²) in [5.41, 5.74) is 1.84. The maximum Gasteiger partial charge on any atom is 0.337 e. The lowest BCUT2D eigenvalue weighted by Crippen LogP contribution is -2.30. The van der Waals surface area contributed by atoms with Gasteiger partial charge in [0.05, 0.1) is 12.7 Å². The average Bonchev–Trinajstić information content (AvgIpc) is 2.39. The first kappa shape index (κ1) is 11.5. The smallest absolute Gasteiger partial charge is 0.337 e. The predicted octanol–water partition coefficient (Wildman–Crippen LogP) is 1.85. The van der Waals surface area contributed by atoms with Crippen LogP contribution in [0, 0.1) is 0 Å². The van der Waals surface area contributed by atoms with Crippen molar-refractivity contribution >= 4 is 17.7 Å². The number of rotatable bonds is 2. The van der Waals surface area contributed by atoms with Gasteiger partial charge in [-0.05, 0) is 17.7 Å². The lowest BCUT2D eigenvalue weighted by atomic mass is 10.1. The van der Waals surface area contributed by atoms with Crippen LogP contribution in [0.25, 0.3) is 0 Å². The van der Waals surface area contributed by atoms with Gasteiger partial charge in [0, 0.05) is 24.1 Å². The molecule has 1 atom stereocenters. The van der Waals surface area contributed by atoms with Crippen molar-refractivity contribution in [1.29, 1.82) is 0 Å². The van der Waals surface area contributed by atoms with Crippen LogP contribution in [0.5, 0.6) is 0 Å². The summed E-state index contributed by atoms with van der Waals surface area (Å²) in [6.45, 7) is 1.05. The van der Waals surface area contributed by atoms with E-state index in [2.05, 4.69) is 10.1 Å². The van der Waals surface area contributed by atoms with Gasteiger partial charge < -0.3 is 10.1 Å². The summed E-state index contributed by atoms with van der Waals surface area (Å²) in [6.07, 6.45) is 0. The molecule has 1 heterocycles. The molecule has 1 unspecified atom stereocenters. The minimum atomic E-state index is -0.280. The number of carbonyl (C=O) groups excluding carboxylic acids is 1. The number of benzene rings is 1. The van der Waals surface area contributed by atoms with Crippen molar-refractivity contribution in [3.63, 3.8) is 0 Å². The number of hydrogen-bond donors (Lipinski definition) is 1. The molecule has 0 saturated carbocycles. The van der Waals surface area contributed by atoms with Crippen molar-refractivity contribution in [2.24, 2.45) is 0 Å². The monoisotopic (exact) mass is 237 g/mol. The van der Waals surface area contributed by atoms with Gasteiger partial charge in [-0.15, -0.1) is 0 Å². The fourth-order valence-electron chi connectivity index (χ4n) is 1.75. The molecule has 2 rings (SSSR count). The molecule has 1 aromatic rings. The predicted molar refractivity (Wildman–Crippen MR) is 65.9 cm³/mol. The van der Waals surface area contributed by atoms with Gasteiger partial charge in [-0.25, -0.2) is 4.79 Å². The van der Waals surface area contributed by atoms with Crippen LogP contribution in [-0.2, 0) is 4.74 Å². The Bertz CT molecular complexity index is 358. The maximum atomic E-state index is 11.3. The van der Waals surface area contributed by atoms with E-state index in [0.29, 0.717) is 11.6 Å². The Balaban J connectivity index is 2.09. The van der Waals surface area contributed by atoms with E-state index in [-0.39, 0.29) is 5.97 Å². The number of ether oxygens (including phenoxy) is 1. The Hall–Kier alpha value is -1.00. The second kappa shape index (κ2) is 5.37. The largest absolute Gasteiger partial charge is 0.465 e. The van der Waals surface area contributed by atoms with E-state index in [1.807, 2.05) is 36.0 Å². The molecule has 0 bridgehead atoms. The highest BCUT2D eigenvalue weighted by atomic mass is 32.2.